The van der Waals surface area contributed by atoms with Crippen LogP contribution in [0.15, 0.2) is 0 Å². The van der Waals surface area contributed by atoms with E-state index >= 15 is 0 Å². The van der Waals surface area contributed by atoms with Crippen molar-refractivity contribution in [3.8, 4) is 0 Å². The molecule has 2 atom stereocenters. The van der Waals surface area contributed by atoms with Crippen LogP contribution < -0.4 is 11.1 Å². The minimum Gasteiger partial charge on any atom is -0.349 e. The molecule has 0 aromatic rings. The molecule has 0 aliphatic heterocycles. The highest BCUT2D eigenvalue weighted by atomic mass is 16.1. The number of nitrogens with one attached hydrogen (secondary N) is 1. The van der Waals surface area contributed by atoms with Crippen LogP contribution in [-0.4, -0.2) is 18.0 Å². The average Bonchev–Trinajstić information content (AvgIpc) is 2.46. The smallest absolute Gasteiger partial charge is 0.220 e. The van der Waals surface area contributed by atoms with Crippen LogP contribution in [-0.2, 0) is 4.79 Å². The number of amides is 1. The lowest BCUT2D eigenvalue weighted by atomic mass is 9.76. The Morgan fingerprint density at radius 2 is 1.95 bits per heavy atom. The monoisotopic (exact) mass is 280 g/mol. The SMILES string of the molecule is CC1CCCC(CN)(NC(=O)CCC2CCCCC2)C1. The van der Waals surface area contributed by atoms with Gasteiger partial charge in [0.05, 0.1) is 5.54 Å². The molecular formula is C17H32N2O. The van der Waals surface area contributed by atoms with Gasteiger partial charge in [-0.3, -0.25) is 4.79 Å². The molecular weight excluding hydrogens is 248 g/mol. The summed E-state index contributed by atoms with van der Waals surface area (Å²) in [4.78, 5) is 12.3. The molecule has 3 N–H and O–H groups in total. The summed E-state index contributed by atoms with van der Waals surface area (Å²) in [5.41, 5.74) is 5.86. The fraction of sp³-hybridized carbons (Fsp3) is 0.941. The quantitative estimate of drug-likeness (QED) is 0.811. The second-order valence-corrected chi connectivity index (χ2v) is 7.28. The zero-order valence-electron chi connectivity index (χ0n) is 13.1. The van der Waals surface area contributed by atoms with Crippen LogP contribution >= 0.6 is 0 Å². The largest absolute Gasteiger partial charge is 0.349 e. The summed E-state index contributed by atoms with van der Waals surface area (Å²) < 4.78 is 0. The molecule has 0 aromatic carbocycles. The van der Waals surface area contributed by atoms with Gasteiger partial charge in [-0.1, -0.05) is 51.9 Å². The maximum Gasteiger partial charge on any atom is 0.220 e. The fourth-order valence-electron chi connectivity index (χ4n) is 4.18. The van der Waals surface area contributed by atoms with Crippen molar-refractivity contribution in [1.29, 1.82) is 0 Å². The van der Waals surface area contributed by atoms with Crippen LogP contribution in [0.1, 0.15) is 77.6 Å². The Morgan fingerprint density at radius 3 is 2.60 bits per heavy atom. The Kier molecular flexibility index (Phi) is 5.88. The predicted octanol–water partition coefficient (Wildman–Crippen LogP) is 3.37. The molecule has 2 fully saturated rings. The van der Waals surface area contributed by atoms with Gasteiger partial charge in [-0.2, -0.15) is 0 Å². The van der Waals surface area contributed by atoms with Gasteiger partial charge in [0.25, 0.3) is 0 Å². The summed E-state index contributed by atoms with van der Waals surface area (Å²) in [6, 6.07) is 0. The Bertz CT molecular complexity index is 312. The molecule has 3 nitrogen and oxygen atoms in total. The van der Waals surface area contributed by atoms with E-state index in [-0.39, 0.29) is 11.4 Å². The van der Waals surface area contributed by atoms with E-state index in [2.05, 4.69) is 12.2 Å². The summed E-state index contributed by atoms with van der Waals surface area (Å²) in [5, 5.41) is 3.29. The van der Waals surface area contributed by atoms with Gasteiger partial charge in [0.2, 0.25) is 5.91 Å². The molecule has 116 valence electrons. The van der Waals surface area contributed by atoms with Crippen molar-refractivity contribution < 1.29 is 4.79 Å². The van der Waals surface area contributed by atoms with Gasteiger partial charge in [-0.15, -0.1) is 0 Å². The number of carbonyl (C=O) groups is 1. The molecule has 0 saturated heterocycles. The first kappa shape index (κ1) is 15.8. The summed E-state index contributed by atoms with van der Waals surface area (Å²) in [6.45, 7) is 2.87. The molecule has 2 unspecified atom stereocenters. The Labute approximate surface area is 124 Å². The lowest BCUT2D eigenvalue weighted by Gasteiger charge is -2.40. The van der Waals surface area contributed by atoms with Gasteiger partial charge >= 0.3 is 0 Å². The van der Waals surface area contributed by atoms with Gasteiger partial charge < -0.3 is 11.1 Å². The highest BCUT2D eigenvalue weighted by molar-refractivity contribution is 5.76. The third-order valence-electron chi connectivity index (χ3n) is 5.39. The third kappa shape index (κ3) is 4.47. The minimum absolute atomic E-state index is 0.110. The molecule has 0 bridgehead atoms. The molecule has 20 heavy (non-hydrogen) atoms. The van der Waals surface area contributed by atoms with Crippen molar-refractivity contribution in [3.63, 3.8) is 0 Å². The highest BCUT2D eigenvalue weighted by Crippen LogP contribution is 2.32. The molecule has 3 heteroatoms. The van der Waals surface area contributed by atoms with E-state index in [1.54, 1.807) is 0 Å². The first-order valence-corrected chi connectivity index (χ1v) is 8.65. The van der Waals surface area contributed by atoms with E-state index in [9.17, 15) is 4.79 Å². The van der Waals surface area contributed by atoms with Crippen molar-refractivity contribution in [2.45, 2.75) is 83.1 Å². The number of hydrogen-bond donors (Lipinski definition) is 2. The maximum atomic E-state index is 12.3. The van der Waals surface area contributed by atoms with Crippen LogP contribution in [0.3, 0.4) is 0 Å². The minimum atomic E-state index is -0.110. The number of carbonyl (C=O) groups excluding carboxylic acids is 1. The van der Waals surface area contributed by atoms with E-state index in [0.29, 0.717) is 18.9 Å². The normalized spacial score (nSPS) is 32.0. The summed E-state index contributed by atoms with van der Waals surface area (Å²) in [7, 11) is 0. The summed E-state index contributed by atoms with van der Waals surface area (Å²) in [6.07, 6.45) is 13.1. The molecule has 2 aliphatic carbocycles. The molecule has 0 spiro atoms. The van der Waals surface area contributed by atoms with Crippen LogP contribution in [0.25, 0.3) is 0 Å². The number of rotatable bonds is 5. The fourth-order valence-corrected chi connectivity index (χ4v) is 4.18. The summed E-state index contributed by atoms with van der Waals surface area (Å²) in [5.74, 6) is 1.70. The van der Waals surface area contributed by atoms with E-state index in [0.717, 1.165) is 25.2 Å². The van der Waals surface area contributed by atoms with Crippen molar-refractivity contribution in [2.24, 2.45) is 17.6 Å². The average molecular weight is 280 g/mol. The molecule has 1 amide bonds. The maximum absolute atomic E-state index is 12.3. The Morgan fingerprint density at radius 1 is 1.20 bits per heavy atom. The lowest BCUT2D eigenvalue weighted by Crippen LogP contribution is -2.56. The van der Waals surface area contributed by atoms with Crippen LogP contribution in [0.5, 0.6) is 0 Å². The molecule has 0 radical (unpaired) electrons. The molecule has 2 aliphatic rings. The van der Waals surface area contributed by atoms with E-state index in [4.69, 9.17) is 5.73 Å². The van der Waals surface area contributed by atoms with Gasteiger partial charge in [-0.05, 0) is 31.1 Å². The first-order valence-electron chi connectivity index (χ1n) is 8.65. The van der Waals surface area contributed by atoms with Gasteiger partial charge in [-0.25, -0.2) is 0 Å². The van der Waals surface area contributed by atoms with Crippen molar-refractivity contribution in [2.75, 3.05) is 6.54 Å². The topological polar surface area (TPSA) is 55.1 Å². The summed E-state index contributed by atoms with van der Waals surface area (Å²) >= 11 is 0. The van der Waals surface area contributed by atoms with Crippen molar-refractivity contribution >= 4 is 5.91 Å². The zero-order chi connectivity index (χ0) is 14.4. The van der Waals surface area contributed by atoms with Gasteiger partial charge in [0.1, 0.15) is 0 Å². The number of nitrogens with two attached hydrogens (primary N) is 1. The Balaban J connectivity index is 1.76. The molecule has 2 saturated carbocycles. The second-order valence-electron chi connectivity index (χ2n) is 7.28. The van der Waals surface area contributed by atoms with E-state index in [1.807, 2.05) is 0 Å². The first-order chi connectivity index (χ1) is 9.63. The van der Waals surface area contributed by atoms with Crippen LogP contribution in [0.2, 0.25) is 0 Å². The van der Waals surface area contributed by atoms with Gasteiger partial charge in [0.15, 0.2) is 0 Å². The third-order valence-corrected chi connectivity index (χ3v) is 5.39. The van der Waals surface area contributed by atoms with Gasteiger partial charge in [0, 0.05) is 13.0 Å². The van der Waals surface area contributed by atoms with E-state index < -0.39 is 0 Å². The molecule has 2 rings (SSSR count). The molecule has 0 heterocycles. The lowest BCUT2D eigenvalue weighted by molar-refractivity contribution is -0.123. The second kappa shape index (κ2) is 7.44. The number of hydrogen-bond acceptors (Lipinski definition) is 2. The van der Waals surface area contributed by atoms with Crippen LogP contribution in [0, 0.1) is 11.8 Å². The Hall–Kier alpha value is -0.570. The van der Waals surface area contributed by atoms with E-state index in [1.165, 1.54) is 44.9 Å². The van der Waals surface area contributed by atoms with Crippen LogP contribution in [0.4, 0.5) is 0 Å². The highest BCUT2D eigenvalue weighted by Gasteiger charge is 2.34. The standard InChI is InChI=1S/C17H32N2O/c1-14-6-5-11-17(12-14,13-18)19-16(20)10-9-15-7-3-2-4-8-15/h14-15H,2-13,18H2,1H3,(H,19,20). The van der Waals surface area contributed by atoms with Crippen molar-refractivity contribution in [3.05, 3.63) is 0 Å². The predicted molar refractivity (Wildman–Crippen MR) is 83.4 cm³/mol. The zero-order valence-corrected chi connectivity index (χ0v) is 13.1. The van der Waals surface area contributed by atoms with Crippen molar-refractivity contribution in [1.82, 2.24) is 5.32 Å². The molecule has 0 aromatic heterocycles.